The molecule has 2 rings (SSSR count). The number of nitrogens with one attached hydrogen (secondary N) is 2. The molecular formula is C12H13ClN4O3S. The van der Waals surface area contributed by atoms with Gasteiger partial charge in [-0.2, -0.15) is 8.75 Å². The molecule has 3 N–H and O–H groups in total. The number of aliphatic carboxylic acids is 1. The monoisotopic (exact) mass is 328 g/mol. The normalized spacial score (nSPS) is 12.4. The number of carbonyl (C=O) groups excluding carboxylic acids is 1. The van der Waals surface area contributed by atoms with E-state index in [1.165, 1.54) is 0 Å². The van der Waals surface area contributed by atoms with Crippen molar-refractivity contribution in [1.29, 1.82) is 0 Å². The zero-order valence-electron chi connectivity index (χ0n) is 11.3. The quantitative estimate of drug-likeness (QED) is 0.800. The Morgan fingerprint density at radius 3 is 2.67 bits per heavy atom. The van der Waals surface area contributed by atoms with Crippen molar-refractivity contribution in [2.45, 2.75) is 19.9 Å². The van der Waals surface area contributed by atoms with Crippen LogP contribution in [-0.4, -0.2) is 31.9 Å². The number of hydrogen-bond donors (Lipinski definition) is 3. The zero-order chi connectivity index (χ0) is 15.6. The van der Waals surface area contributed by atoms with Gasteiger partial charge in [-0.15, -0.1) is 0 Å². The third-order valence-corrected chi connectivity index (χ3v) is 3.69. The molecule has 21 heavy (non-hydrogen) atoms. The number of amides is 2. The lowest BCUT2D eigenvalue weighted by molar-refractivity contribution is -0.140. The van der Waals surface area contributed by atoms with Gasteiger partial charge < -0.3 is 15.7 Å². The number of carboxylic acid groups (broad SMARTS) is 1. The number of carboxylic acids is 1. The number of carbonyl (C=O) groups is 2. The summed E-state index contributed by atoms with van der Waals surface area (Å²) in [5, 5.41) is 14.3. The van der Waals surface area contributed by atoms with Gasteiger partial charge in [-0.25, -0.2) is 9.59 Å². The number of benzene rings is 1. The Hall–Kier alpha value is -1.93. The van der Waals surface area contributed by atoms with E-state index < -0.39 is 18.0 Å². The molecule has 0 aliphatic heterocycles. The maximum absolute atomic E-state index is 12.0. The van der Waals surface area contributed by atoms with Crippen LogP contribution in [0.25, 0.3) is 11.0 Å². The van der Waals surface area contributed by atoms with Gasteiger partial charge in [-0.3, -0.25) is 0 Å². The fraction of sp³-hybridized carbons (Fsp3) is 0.333. The van der Waals surface area contributed by atoms with Crippen LogP contribution in [0.4, 0.5) is 10.5 Å². The average molecular weight is 329 g/mol. The fourth-order valence-corrected chi connectivity index (χ4v) is 2.49. The van der Waals surface area contributed by atoms with Crippen molar-refractivity contribution in [1.82, 2.24) is 14.1 Å². The average Bonchev–Trinajstić information content (AvgIpc) is 2.87. The minimum atomic E-state index is -1.10. The maximum atomic E-state index is 12.0. The second-order valence-corrected chi connectivity index (χ2v) is 5.65. The predicted octanol–water partition coefficient (Wildman–Crippen LogP) is 2.58. The number of urea groups is 1. The highest BCUT2D eigenvalue weighted by molar-refractivity contribution is 7.00. The maximum Gasteiger partial charge on any atom is 0.326 e. The van der Waals surface area contributed by atoms with Crippen molar-refractivity contribution >= 4 is 52.1 Å². The molecule has 2 aromatic rings. The zero-order valence-corrected chi connectivity index (χ0v) is 12.8. The Morgan fingerprint density at radius 1 is 1.33 bits per heavy atom. The van der Waals surface area contributed by atoms with Crippen LogP contribution in [0.3, 0.4) is 0 Å². The van der Waals surface area contributed by atoms with Gasteiger partial charge in [0.1, 0.15) is 17.1 Å². The highest BCUT2D eigenvalue weighted by Crippen LogP contribution is 2.29. The van der Waals surface area contributed by atoms with Crippen LogP contribution in [0.15, 0.2) is 12.1 Å². The van der Waals surface area contributed by atoms with E-state index in [-0.39, 0.29) is 5.92 Å². The first-order chi connectivity index (χ1) is 9.90. The Morgan fingerprint density at radius 2 is 2.05 bits per heavy atom. The summed E-state index contributed by atoms with van der Waals surface area (Å²) in [7, 11) is 0. The van der Waals surface area contributed by atoms with E-state index in [9.17, 15) is 9.59 Å². The SMILES string of the molecule is CC(C)[C@@H](NC(=O)Nc1c(Cl)ccc2nsnc12)C(=O)O. The fourth-order valence-electron chi connectivity index (χ4n) is 1.75. The minimum absolute atomic E-state index is 0.250. The molecule has 112 valence electrons. The van der Waals surface area contributed by atoms with Crippen molar-refractivity contribution in [2.24, 2.45) is 5.92 Å². The number of anilines is 1. The minimum Gasteiger partial charge on any atom is -0.480 e. The second kappa shape index (κ2) is 6.23. The van der Waals surface area contributed by atoms with E-state index in [0.29, 0.717) is 21.7 Å². The first-order valence-corrected chi connectivity index (χ1v) is 7.22. The van der Waals surface area contributed by atoms with E-state index in [1.54, 1.807) is 26.0 Å². The second-order valence-electron chi connectivity index (χ2n) is 4.71. The lowest BCUT2D eigenvalue weighted by Gasteiger charge is -2.18. The van der Waals surface area contributed by atoms with Crippen LogP contribution in [-0.2, 0) is 4.79 Å². The van der Waals surface area contributed by atoms with Gasteiger partial charge in [0, 0.05) is 0 Å². The molecule has 7 nitrogen and oxygen atoms in total. The Kier molecular flexibility index (Phi) is 4.59. The van der Waals surface area contributed by atoms with E-state index in [2.05, 4.69) is 19.4 Å². The Labute approximate surface area is 129 Å². The summed E-state index contributed by atoms with van der Waals surface area (Å²) in [5.41, 5.74) is 1.39. The van der Waals surface area contributed by atoms with Crippen molar-refractivity contribution in [3.05, 3.63) is 17.2 Å². The summed E-state index contributed by atoms with van der Waals surface area (Å²) in [6.07, 6.45) is 0. The highest BCUT2D eigenvalue weighted by atomic mass is 35.5. The molecule has 9 heteroatoms. The molecule has 1 aromatic heterocycles. The summed E-state index contributed by atoms with van der Waals surface area (Å²) >= 11 is 7.05. The number of aromatic nitrogens is 2. The molecule has 0 aliphatic carbocycles. The number of nitrogens with zero attached hydrogens (tertiary/aromatic N) is 2. The summed E-state index contributed by atoms with van der Waals surface area (Å²) in [5.74, 6) is -1.35. The van der Waals surface area contributed by atoms with E-state index in [0.717, 1.165) is 11.7 Å². The van der Waals surface area contributed by atoms with Gasteiger partial charge >= 0.3 is 12.0 Å². The third-order valence-electron chi connectivity index (χ3n) is 2.83. The molecular weight excluding hydrogens is 316 g/mol. The third kappa shape index (κ3) is 3.40. The highest BCUT2D eigenvalue weighted by Gasteiger charge is 2.24. The number of hydrogen-bond acceptors (Lipinski definition) is 5. The van der Waals surface area contributed by atoms with Crippen molar-refractivity contribution in [2.75, 3.05) is 5.32 Å². The number of halogens is 1. The van der Waals surface area contributed by atoms with Crippen LogP contribution >= 0.6 is 23.3 Å². The molecule has 0 fully saturated rings. The molecule has 0 radical (unpaired) electrons. The first-order valence-electron chi connectivity index (χ1n) is 6.11. The van der Waals surface area contributed by atoms with Gasteiger partial charge in [0.15, 0.2) is 0 Å². The van der Waals surface area contributed by atoms with Gasteiger partial charge in [-0.1, -0.05) is 25.4 Å². The summed E-state index contributed by atoms with van der Waals surface area (Å²) in [4.78, 5) is 23.0. The molecule has 0 saturated carbocycles. The molecule has 0 saturated heterocycles. The van der Waals surface area contributed by atoms with Crippen LogP contribution in [0.5, 0.6) is 0 Å². The summed E-state index contributed by atoms with van der Waals surface area (Å²) in [6, 6.07) is 1.64. The predicted molar refractivity (Wildman–Crippen MR) is 80.8 cm³/mol. The van der Waals surface area contributed by atoms with Gasteiger partial charge in [0.05, 0.1) is 22.4 Å². The smallest absolute Gasteiger partial charge is 0.326 e. The molecule has 0 bridgehead atoms. The molecule has 0 aliphatic rings. The number of fused-ring (bicyclic) bond motifs is 1. The van der Waals surface area contributed by atoms with E-state index >= 15 is 0 Å². The first kappa shape index (κ1) is 15.5. The summed E-state index contributed by atoms with van der Waals surface area (Å²) < 4.78 is 8.12. The summed E-state index contributed by atoms with van der Waals surface area (Å²) in [6.45, 7) is 3.41. The number of rotatable bonds is 4. The van der Waals surface area contributed by atoms with Crippen LogP contribution in [0, 0.1) is 5.92 Å². The lowest BCUT2D eigenvalue weighted by Crippen LogP contribution is -2.46. The van der Waals surface area contributed by atoms with Crippen LogP contribution in [0.1, 0.15) is 13.8 Å². The molecule has 2 amide bonds. The lowest BCUT2D eigenvalue weighted by atomic mass is 10.1. The molecule has 1 aromatic carbocycles. The van der Waals surface area contributed by atoms with Crippen LogP contribution in [0.2, 0.25) is 5.02 Å². The Balaban J connectivity index is 2.20. The van der Waals surface area contributed by atoms with Crippen molar-refractivity contribution in [3.63, 3.8) is 0 Å². The largest absolute Gasteiger partial charge is 0.480 e. The van der Waals surface area contributed by atoms with Crippen molar-refractivity contribution < 1.29 is 14.7 Å². The Bertz CT molecular complexity index is 688. The van der Waals surface area contributed by atoms with Crippen molar-refractivity contribution in [3.8, 4) is 0 Å². The van der Waals surface area contributed by atoms with Gasteiger partial charge in [-0.05, 0) is 18.1 Å². The van der Waals surface area contributed by atoms with E-state index in [1.807, 2.05) is 0 Å². The topological polar surface area (TPSA) is 104 Å². The molecule has 0 unspecified atom stereocenters. The van der Waals surface area contributed by atoms with Gasteiger partial charge in [0.25, 0.3) is 0 Å². The van der Waals surface area contributed by atoms with Gasteiger partial charge in [0.2, 0.25) is 0 Å². The van der Waals surface area contributed by atoms with E-state index in [4.69, 9.17) is 16.7 Å². The molecule has 1 atom stereocenters. The van der Waals surface area contributed by atoms with Crippen LogP contribution < -0.4 is 10.6 Å². The molecule has 0 spiro atoms. The standard InChI is InChI=1S/C12H13ClN4O3S/c1-5(2)8(11(18)19)14-12(20)15-9-6(13)3-4-7-10(9)17-21-16-7/h3-5,8H,1-2H3,(H,18,19)(H2,14,15,20)/t8-/m1/s1. The molecule has 1 heterocycles.